The molecule has 3 rings (SSSR count). The number of benzene rings is 2. The van der Waals surface area contributed by atoms with Crippen LogP contribution >= 0.6 is 31.9 Å². The van der Waals surface area contributed by atoms with Crippen LogP contribution in [0.5, 0.6) is 11.5 Å². The van der Waals surface area contributed by atoms with Crippen LogP contribution < -0.4 is 10.3 Å². The number of aromatic hydroxyl groups is 1. The van der Waals surface area contributed by atoms with Crippen molar-refractivity contribution in [1.29, 1.82) is 0 Å². The first kappa shape index (κ1) is 19.6. The number of halogens is 2. The predicted octanol–water partition coefficient (Wildman–Crippen LogP) is 4.47. The zero-order valence-electron chi connectivity index (χ0n) is 14.7. The Balaban J connectivity index is 2.14. The third kappa shape index (κ3) is 4.06. The smallest absolute Gasteiger partial charge is 0.282 e. The lowest BCUT2D eigenvalue weighted by Gasteiger charge is -2.09. The summed E-state index contributed by atoms with van der Waals surface area (Å²) in [7, 11) is 1.47. The number of phenols is 1. The molecule has 1 N–H and O–H groups in total. The fourth-order valence-corrected chi connectivity index (χ4v) is 3.47. The summed E-state index contributed by atoms with van der Waals surface area (Å²) >= 11 is 6.67. The summed E-state index contributed by atoms with van der Waals surface area (Å²) in [5.74, 6) is 0.918. The molecule has 6 nitrogen and oxygen atoms in total. The van der Waals surface area contributed by atoms with E-state index in [2.05, 4.69) is 41.9 Å². The van der Waals surface area contributed by atoms with Crippen molar-refractivity contribution in [2.75, 3.05) is 7.11 Å². The largest absolute Gasteiger partial charge is 0.503 e. The normalized spacial score (nSPS) is 11.4. The summed E-state index contributed by atoms with van der Waals surface area (Å²) in [5, 5.41) is 14.8. The van der Waals surface area contributed by atoms with Crippen LogP contribution in [0.15, 0.2) is 49.2 Å². The molecule has 0 aliphatic rings. The maximum Gasteiger partial charge on any atom is 0.282 e. The van der Waals surface area contributed by atoms with E-state index in [0.29, 0.717) is 38.9 Å². The van der Waals surface area contributed by atoms with Crippen molar-refractivity contribution in [3.8, 4) is 11.5 Å². The molecule has 1 heterocycles. The molecule has 0 fully saturated rings. The van der Waals surface area contributed by atoms with Crippen molar-refractivity contribution in [3.63, 3.8) is 0 Å². The van der Waals surface area contributed by atoms with E-state index in [1.54, 1.807) is 24.4 Å². The highest BCUT2D eigenvalue weighted by atomic mass is 79.9. The summed E-state index contributed by atoms with van der Waals surface area (Å²) in [6.45, 7) is 2.02. The molecular weight excluding hydrogens is 478 g/mol. The van der Waals surface area contributed by atoms with Gasteiger partial charge in [0, 0.05) is 10.9 Å². The molecule has 0 aliphatic carbocycles. The fourth-order valence-electron chi connectivity index (χ4n) is 2.65. The zero-order valence-corrected chi connectivity index (χ0v) is 17.9. The van der Waals surface area contributed by atoms with Crippen LogP contribution in [0.3, 0.4) is 0 Å². The van der Waals surface area contributed by atoms with Crippen molar-refractivity contribution in [1.82, 2.24) is 9.66 Å². The van der Waals surface area contributed by atoms with E-state index in [-0.39, 0.29) is 11.3 Å². The van der Waals surface area contributed by atoms with Crippen LogP contribution in [0.4, 0.5) is 0 Å². The van der Waals surface area contributed by atoms with E-state index in [9.17, 15) is 9.90 Å². The number of ether oxygens (including phenoxy) is 1. The predicted molar refractivity (Wildman–Crippen MR) is 113 cm³/mol. The lowest BCUT2D eigenvalue weighted by Crippen LogP contribution is -2.22. The van der Waals surface area contributed by atoms with E-state index < -0.39 is 0 Å². The number of rotatable bonds is 5. The molecule has 3 aromatic rings. The van der Waals surface area contributed by atoms with Gasteiger partial charge >= 0.3 is 0 Å². The second kappa shape index (κ2) is 8.22. The van der Waals surface area contributed by atoms with Gasteiger partial charge in [-0.2, -0.15) is 9.78 Å². The molecule has 8 heteroatoms. The van der Waals surface area contributed by atoms with Gasteiger partial charge in [0.2, 0.25) is 0 Å². The maximum absolute atomic E-state index is 13.0. The van der Waals surface area contributed by atoms with Crippen LogP contribution in [0.1, 0.15) is 24.7 Å². The molecule has 2 aromatic carbocycles. The van der Waals surface area contributed by atoms with Crippen molar-refractivity contribution >= 4 is 49.0 Å². The van der Waals surface area contributed by atoms with Crippen molar-refractivity contribution in [3.05, 3.63) is 61.0 Å². The van der Waals surface area contributed by atoms with Gasteiger partial charge in [-0.15, -0.1) is 0 Å². The Bertz CT molecular complexity index is 1090. The van der Waals surface area contributed by atoms with Gasteiger partial charge in [-0.1, -0.05) is 22.9 Å². The van der Waals surface area contributed by atoms with Gasteiger partial charge in [-0.05, 0) is 58.2 Å². The lowest BCUT2D eigenvalue weighted by molar-refractivity contribution is 0.372. The first-order valence-electron chi connectivity index (χ1n) is 8.26. The molecule has 1 aromatic heterocycles. The highest BCUT2D eigenvalue weighted by Crippen LogP contribution is 2.34. The lowest BCUT2D eigenvalue weighted by atomic mass is 10.2. The van der Waals surface area contributed by atoms with Gasteiger partial charge in [-0.3, -0.25) is 4.79 Å². The quantitative estimate of drug-likeness (QED) is 0.531. The average Bonchev–Trinajstić information content (AvgIpc) is 2.65. The Labute approximate surface area is 172 Å². The number of phenolic OH excluding ortho intramolecular Hbond substituents is 1. The van der Waals surface area contributed by atoms with Gasteiger partial charge in [0.15, 0.2) is 11.5 Å². The number of aromatic nitrogens is 2. The third-order valence-corrected chi connectivity index (χ3v) is 5.04. The van der Waals surface area contributed by atoms with Gasteiger partial charge in [0.1, 0.15) is 5.82 Å². The molecule has 0 radical (unpaired) electrons. The summed E-state index contributed by atoms with van der Waals surface area (Å²) in [4.78, 5) is 17.6. The first-order chi connectivity index (χ1) is 12.9. The SMILES string of the molecule is CCCc1nc2ccc(Br)cc2c(=O)n1N=Cc1cc(Br)c(O)c(OC)c1. The van der Waals surface area contributed by atoms with Crippen LogP contribution in [-0.4, -0.2) is 28.1 Å². The number of aryl methyl sites for hydroxylation is 1. The number of hydrogen-bond acceptors (Lipinski definition) is 5. The summed E-state index contributed by atoms with van der Waals surface area (Å²) < 4.78 is 7.75. The molecule has 0 unspecified atom stereocenters. The fraction of sp³-hybridized carbons (Fsp3) is 0.211. The first-order valence-corrected chi connectivity index (χ1v) is 9.85. The Morgan fingerprint density at radius 3 is 2.78 bits per heavy atom. The number of methoxy groups -OCH3 is 1. The van der Waals surface area contributed by atoms with E-state index in [4.69, 9.17) is 4.74 Å². The Kier molecular flexibility index (Phi) is 5.96. The molecular formula is C19H17Br2N3O3. The van der Waals surface area contributed by atoms with Crippen LogP contribution in [0.2, 0.25) is 0 Å². The average molecular weight is 495 g/mol. The standard InChI is InChI=1S/C19H17Br2N3O3/c1-3-4-17-23-15-6-5-12(20)9-13(15)19(26)24(17)22-10-11-7-14(21)18(25)16(8-11)27-2/h5-10,25H,3-4H2,1-2H3. The minimum atomic E-state index is -0.231. The number of nitrogens with zero attached hydrogens (tertiary/aromatic N) is 3. The molecule has 0 amide bonds. The highest BCUT2D eigenvalue weighted by Gasteiger charge is 2.11. The molecule has 140 valence electrons. The van der Waals surface area contributed by atoms with Gasteiger partial charge in [0.25, 0.3) is 5.56 Å². The molecule has 0 bridgehead atoms. The van der Waals surface area contributed by atoms with Gasteiger partial charge in [0.05, 0.1) is 28.7 Å². The second-order valence-corrected chi connectivity index (χ2v) is 7.62. The summed E-state index contributed by atoms with van der Waals surface area (Å²) in [6.07, 6.45) is 3.00. The molecule has 0 saturated heterocycles. The van der Waals surface area contributed by atoms with Gasteiger partial charge < -0.3 is 9.84 Å². The molecule has 0 aliphatic heterocycles. The van der Waals surface area contributed by atoms with E-state index in [1.807, 2.05) is 19.1 Å². The third-order valence-electron chi connectivity index (χ3n) is 3.94. The van der Waals surface area contributed by atoms with Crippen molar-refractivity contribution < 1.29 is 9.84 Å². The molecule has 27 heavy (non-hydrogen) atoms. The zero-order chi connectivity index (χ0) is 19.6. The highest BCUT2D eigenvalue weighted by molar-refractivity contribution is 9.10. The maximum atomic E-state index is 13.0. The van der Waals surface area contributed by atoms with Gasteiger partial charge in [-0.25, -0.2) is 4.98 Å². The van der Waals surface area contributed by atoms with E-state index in [1.165, 1.54) is 11.8 Å². The molecule has 0 saturated carbocycles. The van der Waals surface area contributed by atoms with Crippen molar-refractivity contribution in [2.24, 2.45) is 5.10 Å². The van der Waals surface area contributed by atoms with E-state index in [0.717, 1.165) is 10.9 Å². The van der Waals surface area contributed by atoms with Crippen LogP contribution in [0, 0.1) is 0 Å². The van der Waals surface area contributed by atoms with Crippen LogP contribution in [0.25, 0.3) is 10.9 Å². The Hall–Kier alpha value is -2.19. The number of hydrogen-bond donors (Lipinski definition) is 1. The van der Waals surface area contributed by atoms with Crippen molar-refractivity contribution in [2.45, 2.75) is 19.8 Å². The second-order valence-electron chi connectivity index (χ2n) is 5.85. The minimum absolute atomic E-state index is 0.00992. The minimum Gasteiger partial charge on any atom is -0.503 e. The number of fused-ring (bicyclic) bond motifs is 1. The topological polar surface area (TPSA) is 76.7 Å². The molecule has 0 atom stereocenters. The Morgan fingerprint density at radius 2 is 2.07 bits per heavy atom. The van der Waals surface area contributed by atoms with E-state index >= 15 is 0 Å². The summed E-state index contributed by atoms with van der Waals surface area (Å²) in [5.41, 5.74) is 1.08. The Morgan fingerprint density at radius 1 is 1.30 bits per heavy atom. The molecule has 0 spiro atoms. The monoisotopic (exact) mass is 493 g/mol. The summed E-state index contributed by atoms with van der Waals surface area (Å²) in [6, 6.07) is 8.75. The van der Waals surface area contributed by atoms with Crippen LogP contribution in [-0.2, 0) is 6.42 Å².